The molecule has 2 atom stereocenters. The lowest BCUT2D eigenvalue weighted by Crippen LogP contribution is -2.45. The number of hydrogen-bond acceptors (Lipinski definition) is 3. The zero-order chi connectivity index (χ0) is 8.55. The number of piperidine rings is 1. The van der Waals surface area contributed by atoms with E-state index in [-0.39, 0.29) is 6.10 Å². The van der Waals surface area contributed by atoms with E-state index in [1.54, 1.807) is 0 Å². The largest absolute Gasteiger partial charge is 0.393 e. The van der Waals surface area contributed by atoms with Crippen LogP contribution in [0.4, 0.5) is 0 Å². The summed E-state index contributed by atoms with van der Waals surface area (Å²) in [5.41, 5.74) is 0. The molecule has 1 fully saturated rings. The van der Waals surface area contributed by atoms with Crippen molar-refractivity contribution in [1.29, 1.82) is 0 Å². The maximum Gasteiger partial charge on any atom is 0.0576 e. The fourth-order valence-electron chi connectivity index (χ4n) is 2.15. The minimum atomic E-state index is -0.0758. The Bertz CT molecular complexity index is 179. The molecule has 2 aliphatic heterocycles. The second-order valence-electron chi connectivity index (χ2n) is 3.58. The highest BCUT2D eigenvalue weighted by atomic mass is 32.2. The van der Waals surface area contributed by atoms with Gasteiger partial charge >= 0.3 is 0 Å². The standard InChI is InChI=1S/C9H15NOS/c1-12-6-10-7-2-3-8(10)5-9(11)4-7/h2-3,7-9,11H,4-6H2,1H3. The lowest BCUT2D eigenvalue weighted by atomic mass is 10.00. The zero-order valence-electron chi connectivity index (χ0n) is 7.31. The highest BCUT2D eigenvalue weighted by Crippen LogP contribution is 2.31. The normalized spacial score (nSPS) is 40.7. The first-order chi connectivity index (χ1) is 5.81. The third-order valence-electron chi connectivity index (χ3n) is 2.71. The van der Waals surface area contributed by atoms with E-state index in [1.165, 1.54) is 0 Å². The van der Waals surface area contributed by atoms with E-state index in [1.807, 2.05) is 11.8 Å². The fraction of sp³-hybridized carbons (Fsp3) is 0.778. The molecule has 1 N–H and O–H groups in total. The van der Waals surface area contributed by atoms with Crippen LogP contribution in [0.3, 0.4) is 0 Å². The van der Waals surface area contributed by atoms with Gasteiger partial charge in [-0.2, -0.15) is 0 Å². The molecule has 0 amide bonds. The van der Waals surface area contributed by atoms with Gasteiger partial charge in [-0.25, -0.2) is 0 Å². The van der Waals surface area contributed by atoms with E-state index < -0.39 is 0 Å². The zero-order valence-corrected chi connectivity index (χ0v) is 8.13. The molecule has 3 heteroatoms. The van der Waals surface area contributed by atoms with Crippen LogP contribution in [0.15, 0.2) is 12.2 Å². The van der Waals surface area contributed by atoms with Gasteiger partial charge in [-0.05, 0) is 19.1 Å². The molecule has 2 bridgehead atoms. The molecule has 2 unspecified atom stereocenters. The van der Waals surface area contributed by atoms with Crippen molar-refractivity contribution < 1.29 is 5.11 Å². The summed E-state index contributed by atoms with van der Waals surface area (Å²) >= 11 is 1.86. The van der Waals surface area contributed by atoms with Crippen molar-refractivity contribution >= 4 is 11.8 Å². The summed E-state index contributed by atoms with van der Waals surface area (Å²) < 4.78 is 0. The maximum absolute atomic E-state index is 9.50. The molecular weight excluding hydrogens is 170 g/mol. The lowest BCUT2D eigenvalue weighted by molar-refractivity contribution is 0.0552. The monoisotopic (exact) mass is 185 g/mol. The van der Waals surface area contributed by atoms with E-state index in [9.17, 15) is 5.11 Å². The Morgan fingerprint density at radius 3 is 2.50 bits per heavy atom. The molecule has 0 spiro atoms. The maximum atomic E-state index is 9.50. The van der Waals surface area contributed by atoms with Crippen molar-refractivity contribution in [3.8, 4) is 0 Å². The van der Waals surface area contributed by atoms with Crippen LogP contribution in [0.5, 0.6) is 0 Å². The summed E-state index contributed by atoms with van der Waals surface area (Å²) in [5.74, 6) is 1.09. The van der Waals surface area contributed by atoms with Crippen molar-refractivity contribution in [3.63, 3.8) is 0 Å². The molecule has 0 saturated carbocycles. The molecule has 0 aromatic rings. The summed E-state index contributed by atoms with van der Waals surface area (Å²) in [6.07, 6.45) is 8.40. The highest BCUT2D eigenvalue weighted by Gasteiger charge is 2.35. The predicted octanol–water partition coefficient (Wildman–Crippen LogP) is 1.07. The number of fused-ring (bicyclic) bond motifs is 2. The topological polar surface area (TPSA) is 23.5 Å². The number of hydrogen-bond donors (Lipinski definition) is 1. The minimum absolute atomic E-state index is 0.0758. The molecule has 2 aliphatic rings. The molecule has 68 valence electrons. The van der Waals surface area contributed by atoms with Crippen LogP contribution >= 0.6 is 11.8 Å². The van der Waals surface area contributed by atoms with E-state index in [2.05, 4.69) is 23.3 Å². The highest BCUT2D eigenvalue weighted by molar-refractivity contribution is 7.98. The second-order valence-corrected chi connectivity index (χ2v) is 4.41. The van der Waals surface area contributed by atoms with Gasteiger partial charge in [-0.1, -0.05) is 12.2 Å². The summed E-state index contributed by atoms with van der Waals surface area (Å²) in [7, 11) is 0. The summed E-state index contributed by atoms with van der Waals surface area (Å²) in [6, 6.07) is 1.01. The van der Waals surface area contributed by atoms with Crippen molar-refractivity contribution in [2.45, 2.75) is 31.0 Å². The van der Waals surface area contributed by atoms with Gasteiger partial charge in [0.05, 0.1) is 6.10 Å². The molecule has 2 heterocycles. The molecule has 1 saturated heterocycles. The van der Waals surface area contributed by atoms with E-state index >= 15 is 0 Å². The van der Waals surface area contributed by atoms with Gasteiger partial charge in [0.25, 0.3) is 0 Å². The Kier molecular flexibility index (Phi) is 2.44. The van der Waals surface area contributed by atoms with Crippen molar-refractivity contribution in [2.75, 3.05) is 12.1 Å². The quantitative estimate of drug-likeness (QED) is 0.651. The first kappa shape index (κ1) is 8.60. The van der Waals surface area contributed by atoms with Crippen LogP contribution in [0.1, 0.15) is 12.8 Å². The predicted molar refractivity (Wildman–Crippen MR) is 52.2 cm³/mol. The van der Waals surface area contributed by atoms with Crippen LogP contribution in [0.2, 0.25) is 0 Å². The average Bonchev–Trinajstić information content (AvgIpc) is 2.32. The van der Waals surface area contributed by atoms with Gasteiger partial charge in [0.1, 0.15) is 0 Å². The average molecular weight is 185 g/mol. The van der Waals surface area contributed by atoms with E-state index in [0.717, 1.165) is 18.7 Å². The Morgan fingerprint density at radius 2 is 2.00 bits per heavy atom. The Balaban J connectivity index is 2.02. The van der Waals surface area contributed by atoms with Gasteiger partial charge in [0.2, 0.25) is 0 Å². The molecule has 0 aromatic carbocycles. The summed E-state index contributed by atoms with van der Waals surface area (Å²) in [5, 5.41) is 9.50. The molecule has 0 radical (unpaired) electrons. The molecular formula is C9H15NOS. The van der Waals surface area contributed by atoms with Gasteiger partial charge in [0.15, 0.2) is 0 Å². The molecule has 0 aliphatic carbocycles. The van der Waals surface area contributed by atoms with E-state index in [4.69, 9.17) is 0 Å². The Morgan fingerprint density at radius 1 is 1.42 bits per heavy atom. The van der Waals surface area contributed by atoms with Gasteiger partial charge in [-0.3, -0.25) is 4.90 Å². The van der Waals surface area contributed by atoms with Crippen LogP contribution in [0, 0.1) is 0 Å². The van der Waals surface area contributed by atoms with Crippen molar-refractivity contribution in [1.82, 2.24) is 4.90 Å². The Labute approximate surface area is 77.6 Å². The fourth-order valence-corrected chi connectivity index (χ4v) is 2.83. The number of nitrogens with zero attached hydrogens (tertiary/aromatic N) is 1. The SMILES string of the molecule is CSCN1C2C=CC1CC(O)C2. The second kappa shape index (κ2) is 3.40. The van der Waals surface area contributed by atoms with Crippen LogP contribution < -0.4 is 0 Å². The number of aliphatic hydroxyl groups is 1. The first-order valence-corrected chi connectivity index (χ1v) is 5.81. The van der Waals surface area contributed by atoms with Crippen LogP contribution in [-0.4, -0.2) is 40.3 Å². The number of thioether (sulfide) groups is 1. The Hall–Kier alpha value is 0.01000. The molecule has 2 nitrogen and oxygen atoms in total. The summed E-state index contributed by atoms with van der Waals surface area (Å²) in [4.78, 5) is 2.47. The minimum Gasteiger partial charge on any atom is -0.393 e. The van der Waals surface area contributed by atoms with E-state index in [0.29, 0.717) is 12.1 Å². The third kappa shape index (κ3) is 1.41. The third-order valence-corrected chi connectivity index (χ3v) is 3.27. The van der Waals surface area contributed by atoms with Gasteiger partial charge in [0, 0.05) is 18.0 Å². The lowest BCUT2D eigenvalue weighted by Gasteiger charge is -2.36. The van der Waals surface area contributed by atoms with Crippen molar-refractivity contribution in [3.05, 3.63) is 12.2 Å². The number of rotatable bonds is 2. The van der Waals surface area contributed by atoms with Crippen LogP contribution in [-0.2, 0) is 0 Å². The first-order valence-electron chi connectivity index (χ1n) is 4.42. The van der Waals surface area contributed by atoms with Gasteiger partial charge in [-0.15, -0.1) is 11.8 Å². The van der Waals surface area contributed by atoms with Gasteiger partial charge < -0.3 is 5.11 Å². The smallest absolute Gasteiger partial charge is 0.0576 e. The molecule has 12 heavy (non-hydrogen) atoms. The van der Waals surface area contributed by atoms with Crippen molar-refractivity contribution in [2.24, 2.45) is 0 Å². The molecule has 2 rings (SSSR count). The molecule has 0 aromatic heterocycles. The summed E-state index contributed by atoms with van der Waals surface area (Å²) in [6.45, 7) is 0. The number of aliphatic hydroxyl groups excluding tert-OH is 1. The van der Waals surface area contributed by atoms with Crippen LogP contribution in [0.25, 0.3) is 0 Å².